The van der Waals surface area contributed by atoms with Crippen LogP contribution in [0.1, 0.15) is 41.6 Å². The molecule has 7 nitrogen and oxygen atoms in total. The van der Waals surface area contributed by atoms with Gasteiger partial charge in [0, 0.05) is 30.1 Å². The molecule has 1 atom stereocenters. The smallest absolute Gasteiger partial charge is 0.306 e. The molecular formula is C25H25F3N2O5S. The van der Waals surface area contributed by atoms with Crippen molar-refractivity contribution in [2.45, 2.75) is 48.4 Å². The number of hydrogen-bond donors (Lipinski definition) is 3. The first kappa shape index (κ1) is 25.9. The summed E-state index contributed by atoms with van der Waals surface area (Å²) >= 11 is 1.33. The maximum atomic E-state index is 14.5. The number of ether oxygens (including phenoxy) is 1. The van der Waals surface area contributed by atoms with Gasteiger partial charge in [0.2, 0.25) is 5.91 Å². The highest BCUT2D eigenvalue weighted by atomic mass is 32.2. The minimum Gasteiger partial charge on any atom is -0.490 e. The molecule has 0 radical (unpaired) electrons. The summed E-state index contributed by atoms with van der Waals surface area (Å²) in [4.78, 5) is 36.6. The van der Waals surface area contributed by atoms with Crippen LogP contribution in [-0.2, 0) is 16.0 Å². The van der Waals surface area contributed by atoms with Crippen LogP contribution in [0.15, 0.2) is 35.2 Å². The van der Waals surface area contributed by atoms with E-state index in [0.29, 0.717) is 32.1 Å². The first-order valence-corrected chi connectivity index (χ1v) is 12.5. The van der Waals surface area contributed by atoms with E-state index in [1.165, 1.54) is 23.9 Å². The predicted molar refractivity (Wildman–Crippen MR) is 125 cm³/mol. The number of carbonyl (C=O) groups excluding carboxylic acids is 2. The zero-order chi connectivity index (χ0) is 25.8. The van der Waals surface area contributed by atoms with E-state index in [4.69, 9.17) is 9.84 Å². The maximum absolute atomic E-state index is 14.5. The summed E-state index contributed by atoms with van der Waals surface area (Å²) in [5.74, 6) is -5.14. The largest absolute Gasteiger partial charge is 0.490 e. The molecule has 0 spiro atoms. The average molecular weight is 523 g/mol. The Kier molecular flexibility index (Phi) is 8.07. The summed E-state index contributed by atoms with van der Waals surface area (Å²) < 4.78 is 48.0. The van der Waals surface area contributed by atoms with Crippen LogP contribution in [0.4, 0.5) is 13.2 Å². The first-order chi connectivity index (χ1) is 17.2. The Hall–Kier alpha value is -3.21. The highest BCUT2D eigenvalue weighted by molar-refractivity contribution is 8.01. The summed E-state index contributed by atoms with van der Waals surface area (Å²) in [7, 11) is 0. The normalized spacial score (nSPS) is 20.9. The van der Waals surface area contributed by atoms with Crippen molar-refractivity contribution in [3.63, 3.8) is 0 Å². The number of fused-ring (bicyclic) bond motifs is 1. The van der Waals surface area contributed by atoms with Crippen LogP contribution < -0.4 is 15.4 Å². The van der Waals surface area contributed by atoms with E-state index in [-0.39, 0.29) is 36.7 Å². The Labute approximate surface area is 209 Å². The molecule has 2 amide bonds. The summed E-state index contributed by atoms with van der Waals surface area (Å²) in [5.41, 5.74) is 0.00635. The highest BCUT2D eigenvalue weighted by Gasteiger charge is 2.29. The molecule has 1 saturated carbocycles. The van der Waals surface area contributed by atoms with Crippen molar-refractivity contribution < 1.29 is 37.4 Å². The highest BCUT2D eigenvalue weighted by Crippen LogP contribution is 2.37. The fraction of sp³-hybridized carbons (Fsp3) is 0.400. The summed E-state index contributed by atoms with van der Waals surface area (Å²) in [6, 6.07) is 6.23. The van der Waals surface area contributed by atoms with Gasteiger partial charge in [0.25, 0.3) is 5.91 Å². The minimum atomic E-state index is -1.09. The van der Waals surface area contributed by atoms with Crippen LogP contribution in [0.3, 0.4) is 0 Å². The average Bonchev–Trinajstić information content (AvgIpc) is 3.25. The minimum absolute atomic E-state index is 0.0481. The first-order valence-electron chi connectivity index (χ1n) is 11.6. The summed E-state index contributed by atoms with van der Waals surface area (Å²) in [6.45, 7) is 0.00325. The van der Waals surface area contributed by atoms with Gasteiger partial charge in [0.15, 0.2) is 0 Å². The second kappa shape index (κ2) is 11.2. The van der Waals surface area contributed by atoms with E-state index in [2.05, 4.69) is 10.6 Å². The number of carboxylic acid groups (broad SMARTS) is 1. The third-order valence-corrected chi connectivity index (χ3v) is 7.59. The van der Waals surface area contributed by atoms with Gasteiger partial charge >= 0.3 is 5.97 Å². The lowest BCUT2D eigenvalue weighted by molar-refractivity contribution is -0.143. The molecule has 1 aliphatic heterocycles. The Morgan fingerprint density at radius 1 is 0.972 bits per heavy atom. The molecular weight excluding hydrogens is 497 g/mol. The molecule has 2 aromatic carbocycles. The van der Waals surface area contributed by atoms with Gasteiger partial charge in [-0.25, -0.2) is 13.2 Å². The molecule has 2 aromatic rings. The molecule has 1 unspecified atom stereocenters. The molecule has 2 aliphatic rings. The third kappa shape index (κ3) is 6.13. The van der Waals surface area contributed by atoms with Gasteiger partial charge in [-0.15, -0.1) is 11.8 Å². The topological polar surface area (TPSA) is 105 Å². The number of nitrogens with one attached hydrogen (secondary N) is 2. The molecule has 1 aliphatic carbocycles. The molecule has 0 aromatic heterocycles. The zero-order valence-electron chi connectivity index (χ0n) is 19.2. The van der Waals surface area contributed by atoms with E-state index in [1.54, 1.807) is 6.07 Å². The van der Waals surface area contributed by atoms with Crippen molar-refractivity contribution >= 4 is 29.5 Å². The lowest BCUT2D eigenvalue weighted by Gasteiger charge is -2.26. The number of carboxylic acids is 1. The molecule has 36 heavy (non-hydrogen) atoms. The standard InChI is InChI=1S/C25H25F3N2O5S/c26-15-3-6-20-14(9-15)10-21(36-20)23(31)29-7-8-30-24(32)22-18(27)11-17(12-19(22)28)35-16-4-1-13(2-5-16)25(33)34/h3,6,9,11-13,16,21H,1-2,4-5,7-8,10H2,(H,29,31)(H,30,32)(H,33,34). The van der Waals surface area contributed by atoms with Gasteiger partial charge in [0.05, 0.1) is 17.3 Å². The van der Waals surface area contributed by atoms with Gasteiger partial charge in [-0.2, -0.15) is 0 Å². The van der Waals surface area contributed by atoms with Crippen molar-refractivity contribution in [3.8, 4) is 5.75 Å². The quantitative estimate of drug-likeness (QED) is 0.457. The van der Waals surface area contributed by atoms with Crippen LogP contribution >= 0.6 is 11.8 Å². The van der Waals surface area contributed by atoms with Crippen molar-refractivity contribution in [2.75, 3.05) is 13.1 Å². The van der Waals surface area contributed by atoms with Gasteiger partial charge in [-0.3, -0.25) is 14.4 Å². The zero-order valence-corrected chi connectivity index (χ0v) is 20.0. The lowest BCUT2D eigenvalue weighted by Crippen LogP contribution is -2.39. The van der Waals surface area contributed by atoms with Crippen LogP contribution in [-0.4, -0.2) is 47.3 Å². The summed E-state index contributed by atoms with van der Waals surface area (Å²) in [6.07, 6.45) is 1.79. The van der Waals surface area contributed by atoms with Gasteiger partial charge in [-0.1, -0.05) is 0 Å². The molecule has 4 rings (SSSR count). The lowest BCUT2D eigenvalue weighted by atomic mass is 9.87. The molecule has 0 saturated heterocycles. The second-order valence-corrected chi connectivity index (χ2v) is 10.0. The second-order valence-electron chi connectivity index (χ2n) is 8.80. The number of carbonyl (C=O) groups is 3. The van der Waals surface area contributed by atoms with E-state index in [0.717, 1.165) is 22.6 Å². The Morgan fingerprint density at radius 3 is 2.31 bits per heavy atom. The van der Waals surface area contributed by atoms with E-state index >= 15 is 0 Å². The molecule has 1 fully saturated rings. The molecule has 11 heteroatoms. The third-order valence-electron chi connectivity index (χ3n) is 6.27. The molecule has 192 valence electrons. The molecule has 0 bridgehead atoms. The van der Waals surface area contributed by atoms with Crippen molar-refractivity contribution in [1.29, 1.82) is 0 Å². The maximum Gasteiger partial charge on any atom is 0.306 e. The van der Waals surface area contributed by atoms with Gasteiger partial charge in [0.1, 0.15) is 28.8 Å². The van der Waals surface area contributed by atoms with Gasteiger partial charge < -0.3 is 20.5 Å². The number of amides is 2. The van der Waals surface area contributed by atoms with Gasteiger partial charge in [-0.05, 0) is 55.9 Å². The molecule has 3 N–H and O–H groups in total. The van der Waals surface area contributed by atoms with E-state index in [9.17, 15) is 27.6 Å². The number of hydrogen-bond acceptors (Lipinski definition) is 5. The Balaban J connectivity index is 1.23. The fourth-order valence-electron chi connectivity index (χ4n) is 4.38. The number of aliphatic carboxylic acids is 1. The van der Waals surface area contributed by atoms with Crippen LogP contribution in [0.25, 0.3) is 0 Å². The van der Waals surface area contributed by atoms with E-state index < -0.39 is 40.2 Å². The van der Waals surface area contributed by atoms with Crippen molar-refractivity contribution in [1.82, 2.24) is 10.6 Å². The number of rotatable bonds is 8. The summed E-state index contributed by atoms with van der Waals surface area (Å²) in [5, 5.41) is 13.7. The van der Waals surface area contributed by atoms with Crippen LogP contribution in [0.2, 0.25) is 0 Å². The van der Waals surface area contributed by atoms with Crippen LogP contribution in [0.5, 0.6) is 5.75 Å². The number of thioether (sulfide) groups is 1. The molecule has 1 heterocycles. The number of halogens is 3. The Morgan fingerprint density at radius 2 is 1.64 bits per heavy atom. The SMILES string of the molecule is O=C(NCCNC(=O)C1Cc2cc(F)ccc2S1)c1c(F)cc(OC2CCC(C(=O)O)CC2)cc1F. The van der Waals surface area contributed by atoms with Crippen LogP contribution in [0, 0.1) is 23.4 Å². The van der Waals surface area contributed by atoms with Crippen molar-refractivity contribution in [2.24, 2.45) is 5.92 Å². The monoisotopic (exact) mass is 522 g/mol. The predicted octanol–water partition coefficient (Wildman–Crippen LogP) is 3.69. The van der Waals surface area contributed by atoms with Crippen molar-refractivity contribution in [3.05, 3.63) is 58.9 Å². The van der Waals surface area contributed by atoms with E-state index in [1.807, 2.05) is 0 Å². The Bertz CT molecular complexity index is 1150. The number of benzene rings is 2. The fourth-order valence-corrected chi connectivity index (χ4v) is 5.58.